The Morgan fingerprint density at radius 2 is 2.20 bits per heavy atom. The zero-order valence-electron chi connectivity index (χ0n) is 10.8. The van der Waals surface area contributed by atoms with Gasteiger partial charge in [0.2, 0.25) is 10.0 Å². The van der Waals surface area contributed by atoms with Gasteiger partial charge in [0.25, 0.3) is 0 Å². The molecule has 0 fully saturated rings. The molecule has 0 aliphatic carbocycles. The largest absolute Gasteiger partial charge is 0.389 e. The highest BCUT2D eigenvalue weighted by atomic mass is 32.2. The van der Waals surface area contributed by atoms with Crippen molar-refractivity contribution in [2.45, 2.75) is 5.75 Å². The van der Waals surface area contributed by atoms with Gasteiger partial charge >= 0.3 is 0 Å². The van der Waals surface area contributed by atoms with Crippen molar-refractivity contribution in [3.63, 3.8) is 0 Å². The molecule has 20 heavy (non-hydrogen) atoms. The average Bonchev–Trinajstić information content (AvgIpc) is 2.73. The molecule has 0 aliphatic heterocycles. The van der Waals surface area contributed by atoms with Gasteiger partial charge in [-0.05, 0) is 11.6 Å². The third kappa shape index (κ3) is 3.78. The zero-order chi connectivity index (χ0) is 14.8. The molecule has 0 radical (unpaired) electrons. The van der Waals surface area contributed by atoms with E-state index in [1.54, 1.807) is 43.6 Å². The molecule has 0 saturated heterocycles. The normalized spacial score (nSPS) is 11.2. The first-order valence-corrected chi connectivity index (χ1v) is 7.81. The summed E-state index contributed by atoms with van der Waals surface area (Å²) in [5.41, 5.74) is 6.78. The van der Waals surface area contributed by atoms with Crippen LogP contribution in [0.3, 0.4) is 0 Å². The van der Waals surface area contributed by atoms with Crippen molar-refractivity contribution >= 4 is 33.0 Å². The van der Waals surface area contributed by atoms with Crippen LogP contribution in [-0.2, 0) is 22.8 Å². The number of aromatic nitrogens is 2. The van der Waals surface area contributed by atoms with E-state index in [0.29, 0.717) is 11.1 Å². The molecule has 0 saturated carbocycles. The summed E-state index contributed by atoms with van der Waals surface area (Å²) in [5.74, 6) is 0.123. The fraction of sp³-hybridized carbons (Fsp3) is 0.167. The second-order valence-electron chi connectivity index (χ2n) is 4.30. The lowest BCUT2D eigenvalue weighted by atomic mass is 10.1. The minimum absolute atomic E-state index is 0.167. The monoisotopic (exact) mass is 310 g/mol. The maximum Gasteiger partial charge on any atom is 0.238 e. The maximum absolute atomic E-state index is 12.0. The van der Waals surface area contributed by atoms with Crippen LogP contribution in [0.15, 0.2) is 36.5 Å². The Labute approximate surface area is 122 Å². The first kappa shape index (κ1) is 14.5. The lowest BCUT2D eigenvalue weighted by Gasteiger charge is -2.07. The number of hydrogen-bond donors (Lipinski definition) is 2. The Morgan fingerprint density at radius 1 is 1.45 bits per heavy atom. The molecule has 8 heteroatoms. The van der Waals surface area contributed by atoms with Crippen LogP contribution in [0.5, 0.6) is 0 Å². The molecule has 1 aromatic heterocycles. The van der Waals surface area contributed by atoms with Crippen LogP contribution in [0.25, 0.3) is 0 Å². The van der Waals surface area contributed by atoms with Crippen LogP contribution < -0.4 is 10.5 Å². The van der Waals surface area contributed by atoms with E-state index in [4.69, 9.17) is 18.0 Å². The van der Waals surface area contributed by atoms with E-state index in [1.165, 1.54) is 4.68 Å². The van der Waals surface area contributed by atoms with Gasteiger partial charge in [-0.2, -0.15) is 5.10 Å². The minimum atomic E-state index is -3.53. The van der Waals surface area contributed by atoms with Crippen LogP contribution >= 0.6 is 12.2 Å². The highest BCUT2D eigenvalue weighted by Gasteiger charge is 2.13. The van der Waals surface area contributed by atoms with E-state index in [0.717, 1.165) is 0 Å². The zero-order valence-corrected chi connectivity index (χ0v) is 12.4. The summed E-state index contributed by atoms with van der Waals surface area (Å²) in [7, 11) is -1.81. The van der Waals surface area contributed by atoms with Crippen molar-refractivity contribution in [3.05, 3.63) is 47.7 Å². The topological polar surface area (TPSA) is 90.0 Å². The Bertz CT molecular complexity index is 737. The van der Waals surface area contributed by atoms with E-state index in [2.05, 4.69) is 9.82 Å². The molecule has 0 amide bonds. The average molecular weight is 310 g/mol. The Kier molecular flexibility index (Phi) is 4.05. The van der Waals surface area contributed by atoms with Gasteiger partial charge in [0.1, 0.15) is 4.99 Å². The molecule has 0 aliphatic rings. The van der Waals surface area contributed by atoms with Crippen molar-refractivity contribution < 1.29 is 8.42 Å². The number of nitrogens with one attached hydrogen (secondary N) is 1. The van der Waals surface area contributed by atoms with Gasteiger partial charge in [-0.25, -0.2) is 8.42 Å². The predicted molar refractivity (Wildman–Crippen MR) is 81.8 cm³/mol. The molecule has 0 bridgehead atoms. The fourth-order valence-electron chi connectivity index (χ4n) is 1.70. The number of anilines is 1. The van der Waals surface area contributed by atoms with Crippen LogP contribution in [0, 0.1) is 0 Å². The highest BCUT2D eigenvalue weighted by Crippen LogP contribution is 2.12. The second kappa shape index (κ2) is 5.59. The van der Waals surface area contributed by atoms with Crippen molar-refractivity contribution in [3.8, 4) is 0 Å². The number of aryl methyl sites for hydroxylation is 1. The number of nitrogens with zero attached hydrogens (tertiary/aromatic N) is 2. The van der Waals surface area contributed by atoms with Crippen LogP contribution in [0.4, 0.5) is 5.82 Å². The summed E-state index contributed by atoms with van der Waals surface area (Å²) >= 11 is 4.87. The van der Waals surface area contributed by atoms with Gasteiger partial charge < -0.3 is 5.73 Å². The molecule has 0 spiro atoms. The summed E-state index contributed by atoms with van der Waals surface area (Å²) in [6, 6.07) is 8.42. The van der Waals surface area contributed by atoms with Crippen molar-refractivity contribution in [2.75, 3.05) is 4.72 Å². The molecule has 2 rings (SSSR count). The summed E-state index contributed by atoms with van der Waals surface area (Å²) in [6.07, 6.45) is 1.66. The predicted octanol–water partition coefficient (Wildman–Crippen LogP) is 0.996. The summed E-state index contributed by atoms with van der Waals surface area (Å²) in [4.78, 5) is 0.238. The lowest BCUT2D eigenvalue weighted by molar-refractivity contribution is 0.600. The van der Waals surface area contributed by atoms with Gasteiger partial charge in [0, 0.05) is 24.9 Å². The second-order valence-corrected chi connectivity index (χ2v) is 6.46. The first-order chi connectivity index (χ1) is 9.35. The van der Waals surface area contributed by atoms with E-state index >= 15 is 0 Å². The van der Waals surface area contributed by atoms with Crippen molar-refractivity contribution in [1.82, 2.24) is 9.78 Å². The molecule has 106 valence electrons. The molecule has 2 aromatic rings. The third-order valence-corrected chi connectivity index (χ3v) is 4.01. The Hall–Kier alpha value is -1.93. The summed E-state index contributed by atoms with van der Waals surface area (Å²) in [6.45, 7) is 0. The molecule has 1 heterocycles. The Morgan fingerprint density at radius 3 is 2.80 bits per heavy atom. The lowest BCUT2D eigenvalue weighted by Crippen LogP contribution is -2.16. The molecule has 1 aromatic carbocycles. The van der Waals surface area contributed by atoms with E-state index < -0.39 is 10.0 Å². The van der Waals surface area contributed by atoms with Gasteiger partial charge in [-0.3, -0.25) is 9.40 Å². The number of thiocarbonyl (C=S) groups is 1. The molecule has 0 unspecified atom stereocenters. The molecule has 6 nitrogen and oxygen atoms in total. The standard InChI is InChI=1S/C12H14N4O2S2/c1-16-6-5-11(14-16)15-20(17,18)8-9-3-2-4-10(7-9)12(13)19/h2-7H,8H2,1H3,(H2,13,19)(H,14,15). The van der Waals surface area contributed by atoms with Crippen LogP contribution in [-0.4, -0.2) is 23.2 Å². The fourth-order valence-corrected chi connectivity index (χ4v) is 2.94. The Balaban J connectivity index is 2.15. The molecular formula is C12H14N4O2S2. The molecular weight excluding hydrogens is 296 g/mol. The quantitative estimate of drug-likeness (QED) is 0.804. The number of rotatable bonds is 5. The number of hydrogen-bond acceptors (Lipinski definition) is 4. The summed E-state index contributed by atoms with van der Waals surface area (Å²) < 4.78 is 28.0. The molecule has 0 atom stereocenters. The van der Waals surface area contributed by atoms with E-state index in [9.17, 15) is 8.42 Å². The first-order valence-electron chi connectivity index (χ1n) is 5.74. The van der Waals surface area contributed by atoms with Crippen LogP contribution in [0.2, 0.25) is 0 Å². The SMILES string of the molecule is Cn1ccc(NS(=O)(=O)Cc2cccc(C(N)=S)c2)n1. The van der Waals surface area contributed by atoms with Crippen molar-refractivity contribution in [1.29, 1.82) is 0 Å². The van der Waals surface area contributed by atoms with Crippen LogP contribution in [0.1, 0.15) is 11.1 Å². The smallest absolute Gasteiger partial charge is 0.238 e. The third-order valence-electron chi connectivity index (χ3n) is 2.54. The van der Waals surface area contributed by atoms with Gasteiger partial charge in [0.05, 0.1) is 5.75 Å². The number of benzene rings is 1. The van der Waals surface area contributed by atoms with Gasteiger partial charge in [0.15, 0.2) is 5.82 Å². The van der Waals surface area contributed by atoms with Gasteiger partial charge in [-0.1, -0.05) is 30.4 Å². The molecule has 3 N–H and O–H groups in total. The van der Waals surface area contributed by atoms with Gasteiger partial charge in [-0.15, -0.1) is 0 Å². The van der Waals surface area contributed by atoms with Crippen molar-refractivity contribution in [2.24, 2.45) is 12.8 Å². The van der Waals surface area contributed by atoms with E-state index in [-0.39, 0.29) is 16.6 Å². The van der Waals surface area contributed by atoms with E-state index in [1.807, 2.05) is 0 Å². The number of nitrogens with two attached hydrogens (primary N) is 1. The highest BCUT2D eigenvalue weighted by molar-refractivity contribution is 7.91. The summed E-state index contributed by atoms with van der Waals surface area (Å²) in [5, 5.41) is 3.97. The minimum Gasteiger partial charge on any atom is -0.389 e. The maximum atomic E-state index is 12.0. The number of sulfonamides is 1.